The van der Waals surface area contributed by atoms with E-state index in [2.05, 4.69) is 35.1 Å². The van der Waals surface area contributed by atoms with E-state index in [-0.39, 0.29) is 10.7 Å². The van der Waals surface area contributed by atoms with Crippen molar-refractivity contribution in [1.82, 2.24) is 5.32 Å². The molecular formula is C12H20BrNO. The Kier molecular flexibility index (Phi) is 2.87. The molecular weight excluding hydrogens is 254 g/mol. The molecule has 0 aromatic carbocycles. The lowest BCUT2D eigenvalue weighted by molar-refractivity contribution is -0.127. The highest BCUT2D eigenvalue weighted by atomic mass is 79.9. The Labute approximate surface area is 100 Å². The average molecular weight is 274 g/mol. The Morgan fingerprint density at radius 1 is 1.47 bits per heavy atom. The van der Waals surface area contributed by atoms with Gasteiger partial charge in [-0.05, 0) is 43.4 Å². The largest absolute Gasteiger partial charge is 0.352 e. The SMILES string of the molecule is CC(Br)C(=O)NC1CCC2CC1C2(C)C. The predicted octanol–water partition coefficient (Wildman–Crippen LogP) is 2.71. The quantitative estimate of drug-likeness (QED) is 0.771. The smallest absolute Gasteiger partial charge is 0.233 e. The molecule has 0 heterocycles. The van der Waals surface area contributed by atoms with Gasteiger partial charge in [-0.15, -0.1) is 0 Å². The van der Waals surface area contributed by atoms with E-state index in [1.165, 1.54) is 19.3 Å². The van der Waals surface area contributed by atoms with E-state index in [1.807, 2.05) is 6.92 Å². The van der Waals surface area contributed by atoms with Crippen molar-refractivity contribution in [3.63, 3.8) is 0 Å². The molecule has 2 nitrogen and oxygen atoms in total. The predicted molar refractivity (Wildman–Crippen MR) is 64.9 cm³/mol. The number of halogens is 1. The van der Waals surface area contributed by atoms with Crippen LogP contribution < -0.4 is 5.32 Å². The van der Waals surface area contributed by atoms with E-state index in [9.17, 15) is 4.79 Å². The third kappa shape index (κ3) is 1.83. The van der Waals surface area contributed by atoms with Gasteiger partial charge >= 0.3 is 0 Å². The van der Waals surface area contributed by atoms with Gasteiger partial charge in [-0.3, -0.25) is 4.79 Å². The van der Waals surface area contributed by atoms with Crippen molar-refractivity contribution in [2.24, 2.45) is 17.3 Å². The van der Waals surface area contributed by atoms with Gasteiger partial charge in [0, 0.05) is 6.04 Å². The monoisotopic (exact) mass is 273 g/mol. The number of rotatable bonds is 2. The molecule has 4 atom stereocenters. The molecule has 1 N–H and O–H groups in total. The Morgan fingerprint density at radius 3 is 2.60 bits per heavy atom. The zero-order chi connectivity index (χ0) is 11.2. The fourth-order valence-corrected chi connectivity index (χ4v) is 3.41. The summed E-state index contributed by atoms with van der Waals surface area (Å²) in [6.07, 6.45) is 3.77. The molecule has 3 aliphatic rings. The Bertz CT molecular complexity index is 273. The number of hydrogen-bond donors (Lipinski definition) is 1. The lowest BCUT2D eigenvalue weighted by Crippen LogP contribution is -2.60. The minimum atomic E-state index is -0.0709. The van der Waals surface area contributed by atoms with E-state index in [4.69, 9.17) is 0 Å². The summed E-state index contributed by atoms with van der Waals surface area (Å²) in [7, 11) is 0. The highest BCUT2D eigenvalue weighted by molar-refractivity contribution is 9.10. The van der Waals surface area contributed by atoms with Crippen LogP contribution >= 0.6 is 15.9 Å². The van der Waals surface area contributed by atoms with Gasteiger partial charge in [0.15, 0.2) is 0 Å². The van der Waals surface area contributed by atoms with Gasteiger partial charge in [0.25, 0.3) is 0 Å². The topological polar surface area (TPSA) is 29.1 Å². The normalized spacial score (nSPS) is 39.1. The van der Waals surface area contributed by atoms with Crippen LogP contribution in [0.15, 0.2) is 0 Å². The summed E-state index contributed by atoms with van der Waals surface area (Å²) in [5.74, 6) is 1.74. The lowest BCUT2D eigenvalue weighted by atomic mass is 9.47. The third-order valence-electron chi connectivity index (χ3n) is 4.55. The number of fused-ring (bicyclic) bond motifs is 2. The van der Waals surface area contributed by atoms with Crippen molar-refractivity contribution in [3.8, 4) is 0 Å². The second kappa shape index (κ2) is 3.76. The molecule has 3 heteroatoms. The second-order valence-corrected chi connectivity index (χ2v) is 7.04. The van der Waals surface area contributed by atoms with Crippen LogP contribution in [0.3, 0.4) is 0 Å². The maximum atomic E-state index is 11.6. The Balaban J connectivity index is 1.97. The number of carbonyl (C=O) groups excluding carboxylic acids is 1. The molecule has 0 spiro atoms. The molecule has 0 aromatic heterocycles. The van der Waals surface area contributed by atoms with Crippen molar-refractivity contribution in [2.45, 2.75) is 50.9 Å². The summed E-state index contributed by atoms with van der Waals surface area (Å²) < 4.78 is 0. The molecule has 0 aromatic rings. The van der Waals surface area contributed by atoms with Crippen LogP contribution in [0.4, 0.5) is 0 Å². The van der Waals surface area contributed by atoms with E-state index in [0.29, 0.717) is 17.4 Å². The number of amides is 1. The van der Waals surface area contributed by atoms with E-state index in [1.54, 1.807) is 0 Å². The number of alkyl halides is 1. The fourth-order valence-electron chi connectivity index (χ4n) is 3.28. The molecule has 3 saturated carbocycles. The van der Waals surface area contributed by atoms with Crippen LogP contribution in [-0.2, 0) is 4.79 Å². The van der Waals surface area contributed by atoms with Gasteiger partial charge in [0.05, 0.1) is 4.83 Å². The summed E-state index contributed by atoms with van der Waals surface area (Å²) in [6.45, 7) is 6.58. The standard InChI is InChI=1S/C12H20BrNO/c1-7(13)11(15)14-10-5-4-8-6-9(10)12(8,2)3/h7-10H,4-6H2,1-3H3,(H,14,15). The van der Waals surface area contributed by atoms with Crippen molar-refractivity contribution >= 4 is 21.8 Å². The lowest BCUT2D eigenvalue weighted by Gasteiger charge is -2.60. The number of hydrogen-bond acceptors (Lipinski definition) is 1. The molecule has 86 valence electrons. The van der Waals surface area contributed by atoms with Crippen LogP contribution in [0.5, 0.6) is 0 Å². The van der Waals surface area contributed by atoms with E-state index >= 15 is 0 Å². The first kappa shape index (κ1) is 11.4. The van der Waals surface area contributed by atoms with Gasteiger partial charge in [0.1, 0.15) is 0 Å². The van der Waals surface area contributed by atoms with Crippen LogP contribution in [-0.4, -0.2) is 16.8 Å². The summed E-state index contributed by atoms with van der Waals surface area (Å²) in [4.78, 5) is 11.6. The first-order valence-corrected chi connectivity index (χ1v) is 6.79. The molecule has 2 bridgehead atoms. The Hall–Kier alpha value is -0.0500. The molecule has 3 aliphatic carbocycles. The second-order valence-electron chi connectivity index (χ2n) is 5.67. The zero-order valence-corrected chi connectivity index (χ0v) is 11.3. The van der Waals surface area contributed by atoms with Gasteiger partial charge in [-0.1, -0.05) is 29.8 Å². The minimum absolute atomic E-state index is 0.0709. The first-order chi connectivity index (χ1) is 6.93. The Morgan fingerprint density at radius 2 is 2.13 bits per heavy atom. The van der Waals surface area contributed by atoms with Crippen LogP contribution in [0.25, 0.3) is 0 Å². The highest BCUT2D eigenvalue weighted by Crippen LogP contribution is 2.59. The molecule has 3 fully saturated rings. The average Bonchev–Trinajstić information content (AvgIpc) is 2.17. The van der Waals surface area contributed by atoms with Crippen molar-refractivity contribution < 1.29 is 4.79 Å². The molecule has 4 unspecified atom stereocenters. The number of carbonyl (C=O) groups is 1. The van der Waals surface area contributed by atoms with Gasteiger partial charge in [-0.2, -0.15) is 0 Å². The maximum Gasteiger partial charge on any atom is 0.233 e. The molecule has 3 rings (SSSR count). The van der Waals surface area contributed by atoms with Crippen LogP contribution in [0.2, 0.25) is 0 Å². The fraction of sp³-hybridized carbons (Fsp3) is 0.917. The molecule has 0 aliphatic heterocycles. The highest BCUT2D eigenvalue weighted by Gasteiger charge is 2.54. The minimum Gasteiger partial charge on any atom is -0.352 e. The van der Waals surface area contributed by atoms with Gasteiger partial charge in [-0.25, -0.2) is 0 Å². The first-order valence-electron chi connectivity index (χ1n) is 5.87. The van der Waals surface area contributed by atoms with Crippen molar-refractivity contribution in [1.29, 1.82) is 0 Å². The molecule has 0 saturated heterocycles. The number of nitrogens with one attached hydrogen (secondary N) is 1. The summed E-state index contributed by atoms with van der Waals surface area (Å²) in [5.41, 5.74) is 0.450. The van der Waals surface area contributed by atoms with Crippen LogP contribution in [0.1, 0.15) is 40.0 Å². The molecule has 15 heavy (non-hydrogen) atoms. The zero-order valence-electron chi connectivity index (χ0n) is 9.72. The van der Waals surface area contributed by atoms with E-state index in [0.717, 1.165) is 5.92 Å². The summed E-state index contributed by atoms with van der Waals surface area (Å²) in [6, 6.07) is 0.414. The molecule has 1 amide bonds. The maximum absolute atomic E-state index is 11.6. The summed E-state index contributed by atoms with van der Waals surface area (Å²) >= 11 is 3.32. The van der Waals surface area contributed by atoms with Crippen LogP contribution in [0, 0.1) is 17.3 Å². The van der Waals surface area contributed by atoms with Crippen molar-refractivity contribution in [3.05, 3.63) is 0 Å². The van der Waals surface area contributed by atoms with E-state index < -0.39 is 0 Å². The third-order valence-corrected chi connectivity index (χ3v) is 4.96. The van der Waals surface area contributed by atoms with Gasteiger partial charge in [0.2, 0.25) is 5.91 Å². The van der Waals surface area contributed by atoms with Gasteiger partial charge < -0.3 is 5.32 Å². The summed E-state index contributed by atoms with van der Waals surface area (Å²) in [5, 5.41) is 3.18. The van der Waals surface area contributed by atoms with Crippen molar-refractivity contribution in [2.75, 3.05) is 0 Å². The molecule has 0 radical (unpaired) electrons.